The van der Waals surface area contributed by atoms with Crippen LogP contribution in [-0.2, 0) is 33.5 Å². The van der Waals surface area contributed by atoms with Gasteiger partial charge in [0.15, 0.2) is 6.10 Å². The molecule has 0 saturated carbocycles. The van der Waals surface area contributed by atoms with Crippen LogP contribution in [0.25, 0.3) is 6.08 Å². The molecule has 2 rings (SSSR count). The van der Waals surface area contributed by atoms with Crippen LogP contribution >= 0.6 is 0 Å². The maximum absolute atomic E-state index is 14.1. The molecule has 2 N–H and O–H groups in total. The van der Waals surface area contributed by atoms with E-state index in [1.54, 1.807) is 32.0 Å². The zero-order valence-corrected chi connectivity index (χ0v) is 18.8. The van der Waals surface area contributed by atoms with Gasteiger partial charge in [0.25, 0.3) is 0 Å². The molecule has 184 valence electrons. The van der Waals surface area contributed by atoms with E-state index in [0.717, 1.165) is 24.3 Å². The molecule has 1 atom stereocenters. The Morgan fingerprint density at radius 1 is 1.18 bits per heavy atom. The van der Waals surface area contributed by atoms with E-state index in [9.17, 15) is 32.3 Å². The smallest absolute Gasteiger partial charge is 0.419 e. The molecule has 1 unspecified atom stereocenters. The van der Waals surface area contributed by atoms with Gasteiger partial charge in [-0.3, -0.25) is 4.79 Å². The van der Waals surface area contributed by atoms with Crippen molar-refractivity contribution in [1.82, 2.24) is 5.32 Å². The van der Waals surface area contributed by atoms with E-state index in [1.165, 1.54) is 7.11 Å². The van der Waals surface area contributed by atoms with Crippen molar-refractivity contribution in [3.05, 3.63) is 70.5 Å². The summed E-state index contributed by atoms with van der Waals surface area (Å²) in [4.78, 5) is 23.6. The first-order chi connectivity index (χ1) is 15.9. The number of methoxy groups -OCH3 is 1. The number of hydrogen-bond acceptors (Lipinski definition) is 4. The van der Waals surface area contributed by atoms with Crippen molar-refractivity contribution in [3.63, 3.8) is 0 Å². The Morgan fingerprint density at radius 3 is 2.47 bits per heavy atom. The summed E-state index contributed by atoms with van der Waals surface area (Å²) >= 11 is 0. The lowest BCUT2D eigenvalue weighted by Crippen LogP contribution is -2.29. The van der Waals surface area contributed by atoms with Crippen molar-refractivity contribution >= 4 is 18.0 Å². The van der Waals surface area contributed by atoms with E-state index >= 15 is 0 Å². The number of carbonyl (C=O) groups excluding carboxylic acids is 1. The molecule has 0 aliphatic rings. The highest BCUT2D eigenvalue weighted by Gasteiger charge is 2.34. The zero-order chi connectivity index (χ0) is 25.5. The third-order valence-corrected chi connectivity index (χ3v) is 4.68. The summed E-state index contributed by atoms with van der Waals surface area (Å²) in [7, 11) is 1.43. The number of nitrogens with one attached hydrogen (secondary N) is 1. The Balaban J connectivity index is 2.12. The molecule has 6 nitrogen and oxygen atoms in total. The van der Waals surface area contributed by atoms with E-state index in [2.05, 4.69) is 5.32 Å². The minimum Gasteiger partial charge on any atom is -0.496 e. The maximum atomic E-state index is 14.1. The van der Waals surface area contributed by atoms with Gasteiger partial charge in [-0.05, 0) is 37.6 Å². The first-order valence-corrected chi connectivity index (χ1v) is 10.3. The van der Waals surface area contributed by atoms with Crippen molar-refractivity contribution in [2.75, 3.05) is 7.11 Å². The molecule has 0 heterocycles. The number of halogens is 4. The number of rotatable bonds is 10. The molecule has 0 bridgehead atoms. The van der Waals surface area contributed by atoms with Gasteiger partial charge in [-0.25, -0.2) is 9.18 Å². The van der Waals surface area contributed by atoms with Crippen LogP contribution in [0.1, 0.15) is 36.1 Å². The van der Waals surface area contributed by atoms with Crippen LogP contribution in [0, 0.1) is 5.82 Å². The number of carboxylic acids is 1. The summed E-state index contributed by atoms with van der Waals surface area (Å²) in [6, 6.07) is 7.76. The molecule has 34 heavy (non-hydrogen) atoms. The predicted octanol–water partition coefficient (Wildman–Crippen LogP) is 4.60. The normalized spacial score (nSPS) is 12.7. The summed E-state index contributed by atoms with van der Waals surface area (Å²) < 4.78 is 63.3. The Hall–Kier alpha value is -3.40. The second-order valence-electron chi connectivity index (χ2n) is 7.62. The lowest BCUT2D eigenvalue weighted by atomic mass is 10.0. The highest BCUT2D eigenvalue weighted by Crippen LogP contribution is 2.32. The van der Waals surface area contributed by atoms with Gasteiger partial charge in [0, 0.05) is 30.2 Å². The van der Waals surface area contributed by atoms with Crippen LogP contribution in [0.3, 0.4) is 0 Å². The number of carbonyl (C=O) groups is 2. The van der Waals surface area contributed by atoms with Crippen LogP contribution in [0.4, 0.5) is 17.6 Å². The van der Waals surface area contributed by atoms with Gasteiger partial charge in [0.1, 0.15) is 11.6 Å². The van der Waals surface area contributed by atoms with E-state index < -0.39 is 35.5 Å². The molecule has 0 aromatic heterocycles. The van der Waals surface area contributed by atoms with Gasteiger partial charge >= 0.3 is 12.1 Å². The third-order valence-electron chi connectivity index (χ3n) is 4.68. The van der Waals surface area contributed by atoms with Gasteiger partial charge in [-0.15, -0.1) is 0 Å². The largest absolute Gasteiger partial charge is 0.496 e. The summed E-state index contributed by atoms with van der Waals surface area (Å²) in [6.45, 7) is 3.43. The van der Waals surface area contributed by atoms with Gasteiger partial charge < -0.3 is 19.9 Å². The third kappa shape index (κ3) is 7.58. The topological polar surface area (TPSA) is 84.9 Å². The van der Waals surface area contributed by atoms with E-state index in [4.69, 9.17) is 9.47 Å². The van der Waals surface area contributed by atoms with Crippen molar-refractivity contribution < 1.29 is 41.7 Å². The molecule has 0 saturated heterocycles. The number of benzene rings is 2. The Labute approximate surface area is 194 Å². The Morgan fingerprint density at radius 2 is 1.88 bits per heavy atom. The van der Waals surface area contributed by atoms with E-state index in [-0.39, 0.29) is 24.6 Å². The molecule has 0 fully saturated rings. The van der Waals surface area contributed by atoms with Crippen molar-refractivity contribution in [1.29, 1.82) is 0 Å². The highest BCUT2D eigenvalue weighted by molar-refractivity contribution is 5.91. The molecule has 10 heteroatoms. The lowest BCUT2D eigenvalue weighted by molar-refractivity contribution is -0.153. The standard InChI is InChI=1S/C24H25F4NO5/c1-14(2)34-20(23(31)32)12-15-7-9-19(33-3)17(11-15)13-29-21(30)10-8-16-5-4-6-18(22(16)25)24(26,27)28/h4-11,14,20H,12-13H2,1-3H3,(H,29,30)(H,31,32). The molecular weight excluding hydrogens is 458 g/mol. The lowest BCUT2D eigenvalue weighted by Gasteiger charge is -2.17. The van der Waals surface area contributed by atoms with Gasteiger partial charge in [0.2, 0.25) is 5.91 Å². The van der Waals surface area contributed by atoms with Gasteiger partial charge in [-0.2, -0.15) is 13.2 Å². The SMILES string of the molecule is COc1ccc(CC(OC(C)C)C(=O)O)cc1CNC(=O)C=Cc1cccc(C(F)(F)F)c1F. The van der Waals surface area contributed by atoms with Crippen molar-refractivity contribution in [2.45, 2.75) is 45.2 Å². The molecule has 0 aliphatic heterocycles. The van der Waals surface area contributed by atoms with Gasteiger partial charge in [-0.1, -0.05) is 24.3 Å². The maximum Gasteiger partial charge on any atom is 0.419 e. The fourth-order valence-corrected chi connectivity index (χ4v) is 3.14. The van der Waals surface area contributed by atoms with Crippen molar-refractivity contribution in [3.8, 4) is 5.75 Å². The number of hydrogen-bond donors (Lipinski definition) is 2. The molecule has 0 aliphatic carbocycles. The molecular formula is C24H25F4NO5. The van der Waals surface area contributed by atoms with Crippen LogP contribution < -0.4 is 10.1 Å². The number of ether oxygens (including phenoxy) is 2. The second-order valence-corrected chi connectivity index (χ2v) is 7.62. The first-order valence-electron chi connectivity index (χ1n) is 10.3. The van der Waals surface area contributed by atoms with Crippen LogP contribution in [-0.4, -0.2) is 36.3 Å². The molecule has 0 spiro atoms. The Bertz CT molecular complexity index is 1050. The fourth-order valence-electron chi connectivity index (χ4n) is 3.14. The minimum absolute atomic E-state index is 0.0198. The number of aliphatic carboxylic acids is 1. The van der Waals surface area contributed by atoms with E-state index in [0.29, 0.717) is 22.9 Å². The number of carboxylic acid groups (broad SMARTS) is 1. The monoisotopic (exact) mass is 483 g/mol. The summed E-state index contributed by atoms with van der Waals surface area (Å²) in [5.74, 6) is -2.80. The average molecular weight is 483 g/mol. The molecule has 2 aromatic rings. The number of amides is 1. The minimum atomic E-state index is -4.85. The quantitative estimate of drug-likeness (QED) is 0.381. The summed E-state index contributed by atoms with van der Waals surface area (Å²) in [6.07, 6.45) is -4.22. The second kappa shape index (κ2) is 11.6. The van der Waals surface area contributed by atoms with Crippen molar-refractivity contribution in [2.24, 2.45) is 0 Å². The number of alkyl halides is 3. The molecule has 0 radical (unpaired) electrons. The molecule has 2 aromatic carbocycles. The molecule has 1 amide bonds. The highest BCUT2D eigenvalue weighted by atomic mass is 19.4. The zero-order valence-electron chi connectivity index (χ0n) is 18.8. The van der Waals surface area contributed by atoms with Gasteiger partial charge in [0.05, 0.1) is 18.8 Å². The fraction of sp³-hybridized carbons (Fsp3) is 0.333. The first kappa shape index (κ1) is 26.8. The van der Waals surface area contributed by atoms with Crippen LogP contribution in [0.15, 0.2) is 42.5 Å². The Kier molecular flexibility index (Phi) is 9.19. The predicted molar refractivity (Wildman–Crippen MR) is 117 cm³/mol. The van der Waals surface area contributed by atoms with Crippen LogP contribution in [0.5, 0.6) is 5.75 Å². The summed E-state index contributed by atoms with van der Waals surface area (Å²) in [5.41, 5.74) is -0.618. The van der Waals surface area contributed by atoms with Crippen LogP contribution in [0.2, 0.25) is 0 Å². The summed E-state index contributed by atoms with van der Waals surface area (Å²) in [5, 5.41) is 11.9. The average Bonchev–Trinajstić information content (AvgIpc) is 2.75. The van der Waals surface area contributed by atoms with E-state index in [1.807, 2.05) is 0 Å².